The molecule has 0 saturated heterocycles. The minimum atomic E-state index is 0.139. The van der Waals surface area contributed by atoms with Crippen molar-refractivity contribution in [1.29, 1.82) is 0 Å². The topological polar surface area (TPSA) is 51.3 Å². The van der Waals surface area contributed by atoms with E-state index in [-0.39, 0.29) is 5.91 Å². The van der Waals surface area contributed by atoms with Gasteiger partial charge in [0.15, 0.2) is 0 Å². The Kier molecular flexibility index (Phi) is 2.77. The Morgan fingerprint density at radius 1 is 1.19 bits per heavy atom. The van der Waals surface area contributed by atoms with Gasteiger partial charge < -0.3 is 15.2 Å². The zero-order valence-corrected chi connectivity index (χ0v) is 12.0. The van der Waals surface area contributed by atoms with Gasteiger partial charge in [0.05, 0.1) is 0 Å². The molecule has 108 valence electrons. The number of anilines is 1. The van der Waals surface area contributed by atoms with Crippen LogP contribution in [-0.2, 0) is 13.0 Å². The van der Waals surface area contributed by atoms with Crippen molar-refractivity contribution in [2.24, 2.45) is 0 Å². The SMILES string of the molecule is Nc1cccc2c1CCN(C(=O)c1cccn1C1CC1)C2. The highest BCUT2D eigenvalue weighted by molar-refractivity contribution is 5.93. The smallest absolute Gasteiger partial charge is 0.270 e. The van der Waals surface area contributed by atoms with Crippen LogP contribution in [0.2, 0.25) is 0 Å². The molecule has 1 saturated carbocycles. The van der Waals surface area contributed by atoms with Gasteiger partial charge in [-0.3, -0.25) is 4.79 Å². The van der Waals surface area contributed by atoms with Crippen LogP contribution in [0, 0.1) is 0 Å². The maximum atomic E-state index is 12.8. The molecular weight excluding hydrogens is 262 g/mol. The Morgan fingerprint density at radius 2 is 2.05 bits per heavy atom. The number of nitrogen functional groups attached to an aromatic ring is 1. The van der Waals surface area contributed by atoms with Gasteiger partial charge in [0.2, 0.25) is 0 Å². The molecule has 2 aliphatic rings. The third-order valence-electron chi connectivity index (χ3n) is 4.53. The maximum absolute atomic E-state index is 12.8. The molecule has 1 aromatic heterocycles. The first-order valence-corrected chi connectivity index (χ1v) is 7.56. The molecule has 0 unspecified atom stereocenters. The number of aromatic nitrogens is 1. The largest absolute Gasteiger partial charge is 0.398 e. The van der Waals surface area contributed by atoms with Crippen LogP contribution in [0.25, 0.3) is 0 Å². The van der Waals surface area contributed by atoms with Crippen LogP contribution in [-0.4, -0.2) is 21.9 Å². The second-order valence-corrected chi connectivity index (χ2v) is 5.99. The fourth-order valence-electron chi connectivity index (χ4n) is 3.22. The Hall–Kier alpha value is -2.23. The lowest BCUT2D eigenvalue weighted by Crippen LogP contribution is -2.37. The normalized spacial score (nSPS) is 17.6. The molecule has 0 bridgehead atoms. The van der Waals surface area contributed by atoms with E-state index in [9.17, 15) is 4.79 Å². The number of benzene rings is 1. The lowest BCUT2D eigenvalue weighted by molar-refractivity contribution is 0.0723. The molecule has 2 heterocycles. The number of carbonyl (C=O) groups excluding carboxylic acids is 1. The Labute approximate surface area is 124 Å². The number of rotatable bonds is 2. The third kappa shape index (κ3) is 2.11. The van der Waals surface area contributed by atoms with Crippen LogP contribution in [0.15, 0.2) is 36.5 Å². The number of hydrogen-bond donors (Lipinski definition) is 1. The molecule has 1 amide bonds. The van der Waals surface area contributed by atoms with E-state index < -0.39 is 0 Å². The zero-order valence-electron chi connectivity index (χ0n) is 12.0. The van der Waals surface area contributed by atoms with E-state index in [0.29, 0.717) is 12.6 Å². The van der Waals surface area contributed by atoms with Crippen molar-refractivity contribution in [2.45, 2.75) is 31.8 Å². The summed E-state index contributed by atoms with van der Waals surface area (Å²) in [6.07, 6.45) is 5.25. The first kappa shape index (κ1) is 12.5. The highest BCUT2D eigenvalue weighted by Gasteiger charge is 2.29. The second-order valence-electron chi connectivity index (χ2n) is 5.99. The molecule has 0 atom stereocenters. The molecule has 4 nitrogen and oxygen atoms in total. The fourth-order valence-corrected chi connectivity index (χ4v) is 3.22. The van der Waals surface area contributed by atoms with Gasteiger partial charge >= 0.3 is 0 Å². The van der Waals surface area contributed by atoms with Crippen molar-refractivity contribution in [3.63, 3.8) is 0 Å². The van der Waals surface area contributed by atoms with Crippen molar-refractivity contribution in [1.82, 2.24) is 9.47 Å². The van der Waals surface area contributed by atoms with Crippen LogP contribution < -0.4 is 5.73 Å². The van der Waals surface area contributed by atoms with E-state index in [2.05, 4.69) is 10.6 Å². The summed E-state index contributed by atoms with van der Waals surface area (Å²) in [7, 11) is 0. The van der Waals surface area contributed by atoms with Gasteiger partial charge in [0.25, 0.3) is 5.91 Å². The molecule has 1 aliphatic carbocycles. The number of fused-ring (bicyclic) bond motifs is 1. The predicted molar refractivity (Wildman–Crippen MR) is 82.0 cm³/mol. The van der Waals surface area contributed by atoms with Crippen LogP contribution >= 0.6 is 0 Å². The van der Waals surface area contributed by atoms with Gasteiger partial charge in [-0.25, -0.2) is 0 Å². The van der Waals surface area contributed by atoms with Crippen LogP contribution in [0.3, 0.4) is 0 Å². The number of nitrogens with zero attached hydrogens (tertiary/aromatic N) is 2. The maximum Gasteiger partial charge on any atom is 0.270 e. The van der Waals surface area contributed by atoms with E-state index in [1.54, 1.807) is 0 Å². The van der Waals surface area contributed by atoms with Crippen molar-refractivity contribution in [3.05, 3.63) is 53.3 Å². The monoisotopic (exact) mass is 281 g/mol. The molecule has 1 fully saturated rings. The Morgan fingerprint density at radius 3 is 2.86 bits per heavy atom. The molecule has 21 heavy (non-hydrogen) atoms. The summed E-state index contributed by atoms with van der Waals surface area (Å²) in [5.41, 5.74) is 10.1. The van der Waals surface area contributed by atoms with Crippen LogP contribution in [0.1, 0.15) is 40.5 Å². The number of carbonyl (C=O) groups is 1. The van der Waals surface area contributed by atoms with E-state index >= 15 is 0 Å². The molecule has 0 radical (unpaired) electrons. The van der Waals surface area contributed by atoms with Gasteiger partial charge in [-0.15, -0.1) is 0 Å². The van der Waals surface area contributed by atoms with E-state index in [1.807, 2.05) is 35.4 Å². The molecule has 4 heteroatoms. The standard InChI is InChI=1S/C17H19N3O/c18-15-4-1-3-12-11-19(10-8-14(12)15)17(21)16-5-2-9-20(16)13-6-7-13/h1-5,9,13H,6-8,10-11,18H2. The van der Waals surface area contributed by atoms with E-state index in [4.69, 9.17) is 5.73 Å². The summed E-state index contributed by atoms with van der Waals surface area (Å²) in [5.74, 6) is 0.139. The summed E-state index contributed by atoms with van der Waals surface area (Å²) in [5, 5.41) is 0. The minimum absolute atomic E-state index is 0.139. The van der Waals surface area contributed by atoms with Crippen LogP contribution in [0.5, 0.6) is 0 Å². The first-order chi connectivity index (χ1) is 10.2. The number of amides is 1. The molecule has 4 rings (SSSR count). The summed E-state index contributed by atoms with van der Waals surface area (Å²) in [6.45, 7) is 1.41. The number of hydrogen-bond acceptors (Lipinski definition) is 2. The van der Waals surface area contributed by atoms with E-state index in [1.165, 1.54) is 24.0 Å². The molecular formula is C17H19N3O. The minimum Gasteiger partial charge on any atom is -0.398 e. The molecule has 1 aliphatic heterocycles. The summed E-state index contributed by atoms with van der Waals surface area (Å²) in [4.78, 5) is 14.7. The Balaban J connectivity index is 1.60. The Bertz CT molecular complexity index is 700. The van der Waals surface area contributed by atoms with Gasteiger partial charge in [0.1, 0.15) is 5.69 Å². The first-order valence-electron chi connectivity index (χ1n) is 7.56. The second kappa shape index (κ2) is 4.65. The van der Waals surface area contributed by atoms with Crippen LogP contribution in [0.4, 0.5) is 5.69 Å². The molecule has 2 N–H and O–H groups in total. The van der Waals surface area contributed by atoms with E-state index in [0.717, 1.165) is 24.3 Å². The van der Waals surface area contributed by atoms with Gasteiger partial charge in [-0.2, -0.15) is 0 Å². The zero-order chi connectivity index (χ0) is 14.4. The van der Waals surface area contributed by atoms with Gasteiger partial charge in [-0.1, -0.05) is 12.1 Å². The average molecular weight is 281 g/mol. The fraction of sp³-hybridized carbons (Fsp3) is 0.353. The molecule has 2 aromatic rings. The van der Waals surface area contributed by atoms with Crippen molar-refractivity contribution in [2.75, 3.05) is 12.3 Å². The summed E-state index contributed by atoms with van der Waals surface area (Å²) < 4.78 is 2.14. The van der Waals surface area contributed by atoms with Crippen molar-refractivity contribution >= 4 is 11.6 Å². The molecule has 0 spiro atoms. The number of nitrogens with two attached hydrogens (primary N) is 1. The predicted octanol–water partition coefficient (Wildman–Crippen LogP) is 2.60. The molecule has 1 aromatic carbocycles. The lowest BCUT2D eigenvalue weighted by Gasteiger charge is -2.30. The average Bonchev–Trinajstić information content (AvgIpc) is 3.23. The van der Waals surface area contributed by atoms with Gasteiger partial charge in [-0.05, 0) is 48.6 Å². The van der Waals surface area contributed by atoms with Gasteiger partial charge in [0, 0.05) is 31.0 Å². The quantitative estimate of drug-likeness (QED) is 0.860. The third-order valence-corrected chi connectivity index (χ3v) is 4.53. The summed E-state index contributed by atoms with van der Waals surface area (Å²) >= 11 is 0. The van der Waals surface area contributed by atoms with Crippen molar-refractivity contribution in [3.8, 4) is 0 Å². The highest BCUT2D eigenvalue weighted by Crippen LogP contribution is 2.36. The lowest BCUT2D eigenvalue weighted by atomic mass is 9.98. The summed E-state index contributed by atoms with van der Waals surface area (Å²) in [6, 6.07) is 10.4. The highest BCUT2D eigenvalue weighted by atomic mass is 16.2. The van der Waals surface area contributed by atoms with Crippen molar-refractivity contribution < 1.29 is 4.79 Å².